The van der Waals surface area contributed by atoms with Crippen LogP contribution in [0.25, 0.3) is 0 Å². The molecule has 0 saturated heterocycles. The van der Waals surface area contributed by atoms with Gasteiger partial charge in [-0.25, -0.2) is 0 Å². The van der Waals surface area contributed by atoms with Gasteiger partial charge in [-0.1, -0.05) is 18.6 Å². The van der Waals surface area contributed by atoms with Gasteiger partial charge in [0.15, 0.2) is 0 Å². The molecule has 9 heavy (non-hydrogen) atoms. The summed E-state index contributed by atoms with van der Waals surface area (Å²) in [5.74, 6) is -0.397. The van der Waals surface area contributed by atoms with Crippen LogP contribution >= 0.6 is 0 Å². The van der Waals surface area contributed by atoms with Crippen molar-refractivity contribution >= 4 is 5.91 Å². The van der Waals surface area contributed by atoms with Crippen LogP contribution < -0.4 is 5.73 Å². The predicted molar refractivity (Wildman–Crippen MR) is 37.8 cm³/mol. The van der Waals surface area contributed by atoms with Crippen molar-refractivity contribution in [2.24, 2.45) is 11.7 Å². The van der Waals surface area contributed by atoms with E-state index in [1.54, 1.807) is 6.92 Å². The normalized spacial score (nSPS) is 12.3. The summed E-state index contributed by atoms with van der Waals surface area (Å²) in [6.45, 7) is 5.67. The molecule has 0 spiro atoms. The van der Waals surface area contributed by atoms with Gasteiger partial charge in [-0.3, -0.25) is 4.79 Å². The molecule has 0 aromatic rings. The van der Waals surface area contributed by atoms with Gasteiger partial charge in [0, 0.05) is 0 Å². The van der Waals surface area contributed by atoms with Crippen molar-refractivity contribution in [3.05, 3.63) is 11.6 Å². The van der Waals surface area contributed by atoms with Gasteiger partial charge in [0.05, 0.1) is 5.92 Å². The Bertz CT molecular complexity index is 134. The number of carbonyl (C=O) groups is 1. The third kappa shape index (κ3) is 3.76. The third-order valence-corrected chi connectivity index (χ3v) is 1.03. The number of nitrogens with two attached hydrogens (primary N) is 1. The molecule has 2 heteroatoms. The second kappa shape index (κ2) is 3.28. The zero-order valence-corrected chi connectivity index (χ0v) is 6.14. The van der Waals surface area contributed by atoms with E-state index in [1.807, 2.05) is 19.9 Å². The van der Waals surface area contributed by atoms with Crippen LogP contribution in [0.5, 0.6) is 0 Å². The number of rotatable bonds is 2. The number of primary amides is 1. The van der Waals surface area contributed by atoms with E-state index in [4.69, 9.17) is 5.73 Å². The first-order valence-corrected chi connectivity index (χ1v) is 2.98. The van der Waals surface area contributed by atoms with Gasteiger partial charge in [-0.05, 0) is 13.8 Å². The number of allylic oxidation sites excluding steroid dienone is 1. The summed E-state index contributed by atoms with van der Waals surface area (Å²) >= 11 is 0. The van der Waals surface area contributed by atoms with E-state index in [1.165, 1.54) is 0 Å². The minimum Gasteiger partial charge on any atom is -0.369 e. The topological polar surface area (TPSA) is 43.1 Å². The summed E-state index contributed by atoms with van der Waals surface area (Å²) in [5.41, 5.74) is 6.13. The molecule has 2 nitrogen and oxygen atoms in total. The first-order chi connectivity index (χ1) is 4.04. The zero-order chi connectivity index (χ0) is 7.44. The van der Waals surface area contributed by atoms with E-state index in [-0.39, 0.29) is 11.8 Å². The summed E-state index contributed by atoms with van der Waals surface area (Å²) in [4.78, 5) is 10.4. The fraction of sp³-hybridized carbons (Fsp3) is 0.571. The molecule has 2 N–H and O–H groups in total. The SMILES string of the molecule is CC(C)=CC(C)C(N)=O. The van der Waals surface area contributed by atoms with E-state index >= 15 is 0 Å². The van der Waals surface area contributed by atoms with Crippen molar-refractivity contribution in [1.29, 1.82) is 0 Å². The van der Waals surface area contributed by atoms with Gasteiger partial charge in [-0.2, -0.15) is 0 Å². The molecular weight excluding hydrogens is 114 g/mol. The van der Waals surface area contributed by atoms with Gasteiger partial charge >= 0.3 is 0 Å². The van der Waals surface area contributed by atoms with Crippen molar-refractivity contribution in [2.45, 2.75) is 20.8 Å². The molecule has 0 radical (unpaired) electrons. The second-order valence-electron chi connectivity index (χ2n) is 2.44. The molecule has 0 bridgehead atoms. The Kier molecular flexibility index (Phi) is 2.99. The monoisotopic (exact) mass is 127 g/mol. The van der Waals surface area contributed by atoms with Crippen molar-refractivity contribution in [1.82, 2.24) is 0 Å². The minimum absolute atomic E-state index is 0.130. The van der Waals surface area contributed by atoms with Crippen LogP contribution in [0.15, 0.2) is 11.6 Å². The maximum atomic E-state index is 10.4. The average molecular weight is 127 g/mol. The average Bonchev–Trinajstić information content (AvgIpc) is 1.63. The van der Waals surface area contributed by atoms with Crippen molar-refractivity contribution in [3.8, 4) is 0 Å². The fourth-order valence-electron chi connectivity index (χ4n) is 0.582. The maximum absolute atomic E-state index is 10.4. The molecule has 0 aromatic carbocycles. The van der Waals surface area contributed by atoms with E-state index in [0.29, 0.717) is 0 Å². The van der Waals surface area contributed by atoms with Crippen LogP contribution in [0, 0.1) is 5.92 Å². The lowest BCUT2D eigenvalue weighted by Gasteiger charge is -1.98. The first kappa shape index (κ1) is 8.21. The molecule has 1 amide bonds. The Balaban J connectivity index is 3.91. The van der Waals surface area contributed by atoms with Crippen LogP contribution in [0.2, 0.25) is 0 Å². The Hall–Kier alpha value is -0.790. The molecule has 0 aliphatic rings. The molecule has 1 atom stereocenters. The summed E-state index contributed by atoms with van der Waals surface area (Å²) in [6, 6.07) is 0. The Morgan fingerprint density at radius 1 is 1.56 bits per heavy atom. The third-order valence-electron chi connectivity index (χ3n) is 1.03. The number of carbonyl (C=O) groups excluding carboxylic acids is 1. The maximum Gasteiger partial charge on any atom is 0.224 e. The summed E-state index contributed by atoms with van der Waals surface area (Å²) in [6.07, 6.45) is 1.85. The molecule has 0 aliphatic heterocycles. The van der Waals surface area contributed by atoms with E-state index in [0.717, 1.165) is 5.57 Å². The highest BCUT2D eigenvalue weighted by Gasteiger charge is 2.02. The van der Waals surface area contributed by atoms with Crippen LogP contribution in [0.4, 0.5) is 0 Å². The molecule has 0 saturated carbocycles. The lowest BCUT2D eigenvalue weighted by molar-refractivity contribution is -0.120. The first-order valence-electron chi connectivity index (χ1n) is 2.98. The lowest BCUT2D eigenvalue weighted by atomic mass is 10.1. The van der Waals surface area contributed by atoms with Gasteiger partial charge in [-0.15, -0.1) is 0 Å². The summed E-state index contributed by atoms with van der Waals surface area (Å²) in [7, 11) is 0. The molecule has 0 heterocycles. The van der Waals surface area contributed by atoms with Gasteiger partial charge in [0.2, 0.25) is 5.91 Å². The molecular formula is C7H13NO. The Morgan fingerprint density at radius 2 is 2.00 bits per heavy atom. The van der Waals surface area contributed by atoms with Gasteiger partial charge in [0.25, 0.3) is 0 Å². The van der Waals surface area contributed by atoms with Crippen LogP contribution in [-0.4, -0.2) is 5.91 Å². The smallest absolute Gasteiger partial charge is 0.224 e. The molecule has 1 unspecified atom stereocenters. The lowest BCUT2D eigenvalue weighted by Crippen LogP contribution is -2.18. The zero-order valence-electron chi connectivity index (χ0n) is 6.14. The van der Waals surface area contributed by atoms with Gasteiger partial charge < -0.3 is 5.73 Å². The fourth-order valence-corrected chi connectivity index (χ4v) is 0.582. The highest BCUT2D eigenvalue weighted by molar-refractivity contribution is 5.78. The van der Waals surface area contributed by atoms with E-state index in [2.05, 4.69) is 0 Å². The Morgan fingerprint density at radius 3 is 2.11 bits per heavy atom. The molecule has 0 fully saturated rings. The van der Waals surface area contributed by atoms with Gasteiger partial charge in [0.1, 0.15) is 0 Å². The van der Waals surface area contributed by atoms with Crippen LogP contribution in [-0.2, 0) is 4.79 Å². The quantitative estimate of drug-likeness (QED) is 0.554. The van der Waals surface area contributed by atoms with E-state index < -0.39 is 0 Å². The number of hydrogen-bond donors (Lipinski definition) is 1. The molecule has 0 aliphatic carbocycles. The second-order valence-corrected chi connectivity index (χ2v) is 2.44. The van der Waals surface area contributed by atoms with Crippen molar-refractivity contribution in [3.63, 3.8) is 0 Å². The largest absolute Gasteiger partial charge is 0.369 e. The number of hydrogen-bond acceptors (Lipinski definition) is 1. The minimum atomic E-state index is -0.267. The highest BCUT2D eigenvalue weighted by Crippen LogP contribution is 1.99. The standard InChI is InChI=1S/C7H13NO/c1-5(2)4-6(3)7(8)9/h4,6H,1-3H3,(H2,8,9). The van der Waals surface area contributed by atoms with Crippen molar-refractivity contribution < 1.29 is 4.79 Å². The predicted octanol–water partition coefficient (Wildman–Crippen LogP) is 1.07. The van der Waals surface area contributed by atoms with E-state index in [9.17, 15) is 4.79 Å². The Labute approximate surface area is 55.7 Å². The highest BCUT2D eigenvalue weighted by atomic mass is 16.1. The van der Waals surface area contributed by atoms with Crippen LogP contribution in [0.3, 0.4) is 0 Å². The molecule has 52 valence electrons. The summed E-state index contributed by atoms with van der Waals surface area (Å²) in [5, 5.41) is 0. The molecule has 0 rings (SSSR count). The van der Waals surface area contributed by atoms with Crippen molar-refractivity contribution in [2.75, 3.05) is 0 Å². The number of amides is 1. The summed E-state index contributed by atoms with van der Waals surface area (Å²) < 4.78 is 0. The van der Waals surface area contributed by atoms with Crippen LogP contribution in [0.1, 0.15) is 20.8 Å². The molecule has 0 aromatic heterocycles.